The quantitative estimate of drug-likeness (QED) is 0.678. The van der Waals surface area contributed by atoms with Gasteiger partial charge in [0.1, 0.15) is 6.61 Å². The van der Waals surface area contributed by atoms with Gasteiger partial charge in [0, 0.05) is 32.2 Å². The summed E-state index contributed by atoms with van der Waals surface area (Å²) in [5, 5.41) is 2.78. The molecule has 0 radical (unpaired) electrons. The number of methoxy groups -OCH3 is 1. The third-order valence-corrected chi connectivity index (χ3v) is 3.15. The fourth-order valence-electron chi connectivity index (χ4n) is 2.06. The molecule has 1 saturated heterocycles. The Kier molecular flexibility index (Phi) is 7.87. The number of hydrogen-bond acceptors (Lipinski definition) is 5. The summed E-state index contributed by atoms with van der Waals surface area (Å²) in [6, 6.07) is 0. The molecule has 20 heavy (non-hydrogen) atoms. The van der Waals surface area contributed by atoms with Gasteiger partial charge in [-0.3, -0.25) is 4.90 Å². The molecule has 6 heteroatoms. The highest BCUT2D eigenvalue weighted by atomic mass is 16.6. The van der Waals surface area contributed by atoms with Crippen LogP contribution in [0.5, 0.6) is 0 Å². The Balaban J connectivity index is 2.02. The lowest BCUT2D eigenvalue weighted by Crippen LogP contribution is -2.38. The number of rotatable bonds is 8. The summed E-state index contributed by atoms with van der Waals surface area (Å²) in [5.74, 6) is 0. The van der Waals surface area contributed by atoms with Crippen molar-refractivity contribution in [1.29, 1.82) is 0 Å². The third-order valence-electron chi connectivity index (χ3n) is 3.15. The molecule has 1 heterocycles. The molecule has 0 spiro atoms. The lowest BCUT2D eigenvalue weighted by Gasteiger charge is -2.26. The van der Waals surface area contributed by atoms with Crippen LogP contribution in [0.25, 0.3) is 0 Å². The Bertz CT molecular complexity index is 278. The number of hydrogen-bond donors (Lipinski definition) is 1. The Morgan fingerprint density at radius 1 is 1.30 bits per heavy atom. The van der Waals surface area contributed by atoms with Crippen molar-refractivity contribution >= 4 is 6.09 Å². The summed E-state index contributed by atoms with van der Waals surface area (Å²) >= 11 is 0. The van der Waals surface area contributed by atoms with E-state index in [0.717, 1.165) is 39.3 Å². The van der Waals surface area contributed by atoms with Crippen molar-refractivity contribution in [2.75, 3.05) is 59.7 Å². The minimum atomic E-state index is -0.351. The molecule has 0 aromatic heterocycles. The van der Waals surface area contributed by atoms with Crippen LogP contribution < -0.4 is 5.32 Å². The number of nitrogens with zero attached hydrogens (tertiary/aromatic N) is 1. The minimum Gasteiger partial charge on any atom is -0.449 e. The molecule has 0 unspecified atom stereocenters. The first-order chi connectivity index (χ1) is 9.53. The molecule has 1 rings (SSSR count). The Hall–Kier alpha value is -0.850. The Labute approximate surface area is 121 Å². The molecule has 0 aliphatic carbocycles. The smallest absolute Gasteiger partial charge is 0.407 e. The standard InChI is InChI=1S/C14H28N2O4/c1-14(2,11-18-3)12-20-13(17)15-5-4-6-16-7-9-19-10-8-16/h4-12H2,1-3H3,(H,15,17). The van der Waals surface area contributed by atoms with E-state index in [9.17, 15) is 4.79 Å². The third kappa shape index (κ3) is 7.67. The summed E-state index contributed by atoms with van der Waals surface area (Å²) in [7, 11) is 1.65. The van der Waals surface area contributed by atoms with E-state index >= 15 is 0 Å². The topological polar surface area (TPSA) is 60.0 Å². The summed E-state index contributed by atoms with van der Waals surface area (Å²) < 4.78 is 15.6. The molecule has 6 nitrogen and oxygen atoms in total. The first-order valence-corrected chi connectivity index (χ1v) is 7.23. The molecule has 1 amide bonds. The number of carbonyl (C=O) groups is 1. The molecule has 1 aliphatic rings. The van der Waals surface area contributed by atoms with Crippen LogP contribution in [0.3, 0.4) is 0 Å². The van der Waals surface area contributed by atoms with Gasteiger partial charge < -0.3 is 19.5 Å². The molecule has 0 aromatic rings. The van der Waals surface area contributed by atoms with E-state index in [4.69, 9.17) is 14.2 Å². The zero-order valence-electron chi connectivity index (χ0n) is 12.9. The number of carbonyl (C=O) groups excluding carboxylic acids is 1. The molecule has 1 N–H and O–H groups in total. The lowest BCUT2D eigenvalue weighted by molar-refractivity contribution is 0.0358. The Morgan fingerprint density at radius 3 is 2.65 bits per heavy atom. The minimum absolute atomic E-state index is 0.153. The highest BCUT2D eigenvalue weighted by Crippen LogP contribution is 2.15. The van der Waals surface area contributed by atoms with E-state index in [-0.39, 0.29) is 11.5 Å². The van der Waals surface area contributed by atoms with Gasteiger partial charge in [-0.05, 0) is 13.0 Å². The summed E-state index contributed by atoms with van der Waals surface area (Å²) in [5.41, 5.74) is -0.153. The van der Waals surface area contributed by atoms with Gasteiger partial charge >= 0.3 is 6.09 Å². The number of morpholine rings is 1. The second kappa shape index (κ2) is 9.15. The largest absolute Gasteiger partial charge is 0.449 e. The van der Waals surface area contributed by atoms with Crippen LogP contribution >= 0.6 is 0 Å². The van der Waals surface area contributed by atoms with Crippen LogP contribution in [-0.2, 0) is 14.2 Å². The van der Waals surface area contributed by atoms with Crippen LogP contribution in [0.4, 0.5) is 4.79 Å². The van der Waals surface area contributed by atoms with E-state index in [1.54, 1.807) is 7.11 Å². The molecule has 0 aromatic carbocycles. The maximum atomic E-state index is 11.5. The molecule has 0 atom stereocenters. The van der Waals surface area contributed by atoms with Gasteiger partial charge in [0.2, 0.25) is 0 Å². The van der Waals surface area contributed by atoms with Crippen molar-refractivity contribution < 1.29 is 19.0 Å². The van der Waals surface area contributed by atoms with Gasteiger partial charge in [-0.2, -0.15) is 0 Å². The zero-order chi connectivity index (χ0) is 14.8. The van der Waals surface area contributed by atoms with Gasteiger partial charge in [-0.15, -0.1) is 0 Å². The van der Waals surface area contributed by atoms with Gasteiger partial charge in [0.05, 0.1) is 19.8 Å². The van der Waals surface area contributed by atoms with Gasteiger partial charge in [0.15, 0.2) is 0 Å². The van der Waals surface area contributed by atoms with E-state index in [0.29, 0.717) is 19.8 Å². The van der Waals surface area contributed by atoms with Gasteiger partial charge in [-0.1, -0.05) is 13.8 Å². The first-order valence-electron chi connectivity index (χ1n) is 7.23. The monoisotopic (exact) mass is 288 g/mol. The molecule has 118 valence electrons. The Morgan fingerprint density at radius 2 is 2.00 bits per heavy atom. The van der Waals surface area contributed by atoms with Crippen LogP contribution in [0.1, 0.15) is 20.3 Å². The zero-order valence-corrected chi connectivity index (χ0v) is 12.9. The van der Waals surface area contributed by atoms with Crippen molar-refractivity contribution in [2.24, 2.45) is 5.41 Å². The number of ether oxygens (including phenoxy) is 3. The first kappa shape index (κ1) is 17.2. The van der Waals surface area contributed by atoms with Gasteiger partial charge in [-0.25, -0.2) is 4.79 Å². The maximum absolute atomic E-state index is 11.5. The highest BCUT2D eigenvalue weighted by Gasteiger charge is 2.20. The van der Waals surface area contributed by atoms with Crippen LogP contribution in [0.15, 0.2) is 0 Å². The number of alkyl carbamates (subject to hydrolysis) is 1. The fraction of sp³-hybridized carbons (Fsp3) is 0.929. The second-order valence-electron chi connectivity index (χ2n) is 5.91. The van der Waals surface area contributed by atoms with Crippen LogP contribution in [0, 0.1) is 5.41 Å². The van der Waals surface area contributed by atoms with E-state index in [1.807, 2.05) is 13.8 Å². The van der Waals surface area contributed by atoms with Crippen LogP contribution in [0.2, 0.25) is 0 Å². The normalized spacial score (nSPS) is 16.9. The average Bonchev–Trinajstić information content (AvgIpc) is 2.43. The maximum Gasteiger partial charge on any atom is 0.407 e. The van der Waals surface area contributed by atoms with Crippen molar-refractivity contribution in [1.82, 2.24) is 10.2 Å². The fourth-order valence-corrected chi connectivity index (χ4v) is 2.06. The van der Waals surface area contributed by atoms with E-state index < -0.39 is 0 Å². The van der Waals surface area contributed by atoms with Crippen molar-refractivity contribution in [3.05, 3.63) is 0 Å². The van der Waals surface area contributed by atoms with E-state index in [2.05, 4.69) is 10.2 Å². The molecule has 0 saturated carbocycles. The summed E-state index contributed by atoms with van der Waals surface area (Å²) in [6.07, 6.45) is 0.576. The number of nitrogens with one attached hydrogen (secondary N) is 1. The molecule has 1 aliphatic heterocycles. The number of amides is 1. The summed E-state index contributed by atoms with van der Waals surface area (Å²) in [6.45, 7) is 10.1. The lowest BCUT2D eigenvalue weighted by atomic mass is 9.96. The predicted molar refractivity (Wildman–Crippen MR) is 76.9 cm³/mol. The molecular weight excluding hydrogens is 260 g/mol. The molecule has 1 fully saturated rings. The van der Waals surface area contributed by atoms with Gasteiger partial charge in [0.25, 0.3) is 0 Å². The van der Waals surface area contributed by atoms with E-state index in [1.165, 1.54) is 0 Å². The summed E-state index contributed by atoms with van der Waals surface area (Å²) in [4.78, 5) is 13.9. The highest BCUT2D eigenvalue weighted by molar-refractivity contribution is 5.67. The van der Waals surface area contributed by atoms with Crippen molar-refractivity contribution in [3.63, 3.8) is 0 Å². The van der Waals surface area contributed by atoms with Crippen molar-refractivity contribution in [2.45, 2.75) is 20.3 Å². The second-order valence-corrected chi connectivity index (χ2v) is 5.91. The van der Waals surface area contributed by atoms with Crippen molar-refractivity contribution in [3.8, 4) is 0 Å². The average molecular weight is 288 g/mol. The molecule has 0 bridgehead atoms. The SMILES string of the molecule is COCC(C)(C)COC(=O)NCCCN1CCOCC1. The molecular formula is C14H28N2O4. The predicted octanol–water partition coefficient (Wildman–Crippen LogP) is 1.11. The van der Waals surface area contributed by atoms with Crippen LogP contribution in [-0.4, -0.2) is 70.7 Å².